The molecule has 144 valence electrons. The Morgan fingerprint density at radius 1 is 1.32 bits per heavy atom. The summed E-state index contributed by atoms with van der Waals surface area (Å²) < 4.78 is 5.63. The van der Waals surface area contributed by atoms with E-state index in [4.69, 9.17) is 4.74 Å². The zero-order valence-electron chi connectivity index (χ0n) is 14.4. The fourth-order valence-electron chi connectivity index (χ4n) is 2.61. The number of hydrogen-bond acceptors (Lipinski definition) is 7. The number of imide groups is 1. The van der Waals surface area contributed by atoms with Gasteiger partial charge in [0.2, 0.25) is 0 Å². The van der Waals surface area contributed by atoms with Crippen molar-refractivity contribution in [2.45, 2.75) is 6.54 Å². The quantitative estimate of drug-likeness (QED) is 0.278. The van der Waals surface area contributed by atoms with E-state index in [0.29, 0.717) is 9.13 Å². The SMILES string of the molecule is COc1cc(/C=C2/SC(=O)N(Cc3ccccc3[N+](=O)[O-])C2=O)cc(I)c1O. The van der Waals surface area contributed by atoms with Gasteiger partial charge in [0.1, 0.15) is 0 Å². The molecule has 0 spiro atoms. The number of carbonyl (C=O) groups excluding carboxylic acids is 2. The molecule has 0 atom stereocenters. The maximum Gasteiger partial charge on any atom is 0.293 e. The van der Waals surface area contributed by atoms with E-state index in [1.807, 2.05) is 22.6 Å². The average Bonchev–Trinajstić information content (AvgIpc) is 2.92. The minimum absolute atomic E-state index is 0.00950. The lowest BCUT2D eigenvalue weighted by atomic mass is 10.1. The Bertz CT molecular complexity index is 1020. The molecule has 0 bridgehead atoms. The maximum atomic E-state index is 12.7. The number of phenolic OH excluding ortho intramolecular Hbond substituents is 1. The molecule has 10 heteroatoms. The van der Waals surface area contributed by atoms with E-state index in [-0.39, 0.29) is 34.2 Å². The number of ether oxygens (including phenoxy) is 1. The van der Waals surface area contributed by atoms with Crippen LogP contribution in [-0.4, -0.2) is 33.2 Å². The highest BCUT2D eigenvalue weighted by atomic mass is 127. The number of halogens is 1. The predicted molar refractivity (Wildman–Crippen MR) is 112 cm³/mol. The molecule has 2 aromatic rings. The van der Waals surface area contributed by atoms with Gasteiger partial charge in [-0.25, -0.2) is 0 Å². The summed E-state index contributed by atoms with van der Waals surface area (Å²) in [5, 5.41) is 20.6. The maximum absolute atomic E-state index is 12.7. The second-order valence-corrected chi connectivity index (χ2v) is 7.86. The standard InChI is InChI=1S/C18H13IN2O6S/c1-27-14-7-10(6-12(19)16(14)22)8-15-17(23)20(18(24)28-15)9-11-4-2-3-5-13(11)21(25)26/h2-8,22H,9H2,1H3/b15-8+. The number of aromatic hydroxyl groups is 1. The molecule has 2 aromatic carbocycles. The first-order chi connectivity index (χ1) is 13.3. The van der Waals surface area contributed by atoms with Crippen molar-refractivity contribution in [2.75, 3.05) is 7.11 Å². The summed E-state index contributed by atoms with van der Waals surface area (Å²) in [5.74, 6) is -0.294. The van der Waals surface area contributed by atoms with Gasteiger partial charge in [-0.05, 0) is 58.1 Å². The summed E-state index contributed by atoms with van der Waals surface area (Å²) in [6, 6.07) is 9.17. The second-order valence-electron chi connectivity index (χ2n) is 5.71. The topological polar surface area (TPSA) is 110 Å². The molecular formula is C18H13IN2O6S. The van der Waals surface area contributed by atoms with Crippen molar-refractivity contribution < 1.29 is 24.4 Å². The highest BCUT2D eigenvalue weighted by Gasteiger charge is 2.36. The van der Waals surface area contributed by atoms with E-state index in [2.05, 4.69) is 0 Å². The molecule has 1 fully saturated rings. The molecule has 1 aliphatic heterocycles. The third-order valence-electron chi connectivity index (χ3n) is 3.96. The number of amides is 2. The molecule has 2 amide bonds. The number of nitro benzene ring substituents is 1. The Morgan fingerprint density at radius 2 is 2.04 bits per heavy atom. The van der Waals surface area contributed by atoms with Gasteiger partial charge in [-0.3, -0.25) is 24.6 Å². The van der Waals surface area contributed by atoms with Crippen molar-refractivity contribution in [2.24, 2.45) is 0 Å². The zero-order valence-corrected chi connectivity index (χ0v) is 17.4. The number of methoxy groups -OCH3 is 1. The summed E-state index contributed by atoms with van der Waals surface area (Å²) in [4.78, 5) is 36.7. The largest absolute Gasteiger partial charge is 0.504 e. The van der Waals surface area contributed by atoms with Crippen molar-refractivity contribution >= 4 is 57.3 Å². The average molecular weight is 512 g/mol. The number of carbonyl (C=O) groups is 2. The molecule has 1 heterocycles. The van der Waals surface area contributed by atoms with Gasteiger partial charge in [0, 0.05) is 11.6 Å². The van der Waals surface area contributed by atoms with Crippen LogP contribution in [0.25, 0.3) is 6.08 Å². The highest BCUT2D eigenvalue weighted by molar-refractivity contribution is 14.1. The van der Waals surface area contributed by atoms with Crippen molar-refractivity contribution in [3.63, 3.8) is 0 Å². The number of thioether (sulfide) groups is 1. The van der Waals surface area contributed by atoms with Gasteiger partial charge in [-0.1, -0.05) is 18.2 Å². The molecule has 3 rings (SSSR count). The predicted octanol–water partition coefficient (Wildman–Crippen LogP) is 4.15. The van der Waals surface area contributed by atoms with Gasteiger partial charge in [0.25, 0.3) is 16.8 Å². The van der Waals surface area contributed by atoms with E-state index < -0.39 is 16.1 Å². The molecule has 0 aliphatic carbocycles. The van der Waals surface area contributed by atoms with E-state index in [1.54, 1.807) is 18.2 Å². The van der Waals surface area contributed by atoms with E-state index in [9.17, 15) is 24.8 Å². The van der Waals surface area contributed by atoms with Gasteiger partial charge in [-0.15, -0.1) is 0 Å². The highest BCUT2D eigenvalue weighted by Crippen LogP contribution is 2.37. The number of benzene rings is 2. The lowest BCUT2D eigenvalue weighted by Crippen LogP contribution is -2.27. The van der Waals surface area contributed by atoms with Crippen LogP contribution in [0.3, 0.4) is 0 Å². The minimum atomic E-state index is -0.547. The first kappa shape index (κ1) is 20.1. The summed E-state index contributed by atoms with van der Waals surface area (Å²) >= 11 is 2.69. The van der Waals surface area contributed by atoms with Crippen molar-refractivity contribution in [3.8, 4) is 11.5 Å². The van der Waals surface area contributed by atoms with E-state index in [0.717, 1.165) is 16.7 Å². The Morgan fingerprint density at radius 3 is 2.71 bits per heavy atom. The number of phenols is 1. The molecule has 0 radical (unpaired) electrons. The van der Waals surface area contributed by atoms with Gasteiger partial charge in [0.15, 0.2) is 11.5 Å². The first-order valence-corrected chi connectivity index (χ1v) is 9.75. The summed E-state index contributed by atoms with van der Waals surface area (Å²) in [6.07, 6.45) is 1.52. The smallest absolute Gasteiger partial charge is 0.293 e. The Labute approximate surface area is 177 Å². The van der Waals surface area contributed by atoms with Crippen LogP contribution in [0.2, 0.25) is 0 Å². The second kappa shape index (κ2) is 8.19. The van der Waals surface area contributed by atoms with Crippen molar-refractivity contribution in [3.05, 3.63) is 66.1 Å². The number of para-hydroxylation sites is 1. The Hall–Kier alpha value is -2.60. The van der Waals surface area contributed by atoms with Crippen LogP contribution in [0.15, 0.2) is 41.3 Å². The fourth-order valence-corrected chi connectivity index (χ4v) is 4.08. The van der Waals surface area contributed by atoms with Crippen LogP contribution in [0.1, 0.15) is 11.1 Å². The zero-order chi connectivity index (χ0) is 20.4. The lowest BCUT2D eigenvalue weighted by molar-refractivity contribution is -0.385. The molecule has 0 aromatic heterocycles. The minimum Gasteiger partial charge on any atom is -0.504 e. The third kappa shape index (κ3) is 3.97. The summed E-state index contributed by atoms with van der Waals surface area (Å²) in [5.41, 5.74) is 0.704. The van der Waals surface area contributed by atoms with Gasteiger partial charge in [-0.2, -0.15) is 0 Å². The van der Waals surface area contributed by atoms with Crippen molar-refractivity contribution in [1.82, 2.24) is 4.90 Å². The number of hydrogen-bond donors (Lipinski definition) is 1. The van der Waals surface area contributed by atoms with Crippen LogP contribution in [-0.2, 0) is 11.3 Å². The first-order valence-electron chi connectivity index (χ1n) is 7.86. The molecule has 1 aliphatic rings. The van der Waals surface area contributed by atoms with E-state index >= 15 is 0 Å². The van der Waals surface area contributed by atoms with Crippen LogP contribution in [0.5, 0.6) is 11.5 Å². The van der Waals surface area contributed by atoms with E-state index in [1.165, 1.54) is 31.4 Å². The Balaban J connectivity index is 1.90. The normalized spacial score (nSPS) is 15.4. The molecular weight excluding hydrogens is 499 g/mol. The monoisotopic (exact) mass is 512 g/mol. The lowest BCUT2D eigenvalue weighted by Gasteiger charge is -2.12. The number of rotatable bonds is 5. The fraction of sp³-hybridized carbons (Fsp3) is 0.111. The molecule has 8 nitrogen and oxygen atoms in total. The van der Waals surface area contributed by atoms with Crippen LogP contribution in [0.4, 0.5) is 10.5 Å². The molecule has 1 N–H and O–H groups in total. The molecule has 28 heavy (non-hydrogen) atoms. The molecule has 0 saturated carbocycles. The number of nitrogens with zero attached hydrogens (tertiary/aromatic N) is 2. The van der Waals surface area contributed by atoms with Gasteiger partial charge >= 0.3 is 0 Å². The van der Waals surface area contributed by atoms with Crippen molar-refractivity contribution in [1.29, 1.82) is 0 Å². The summed E-state index contributed by atoms with van der Waals surface area (Å²) in [6.45, 7) is -0.185. The van der Waals surface area contributed by atoms with Crippen LogP contribution < -0.4 is 4.74 Å². The number of nitro groups is 1. The summed E-state index contributed by atoms with van der Waals surface area (Å²) in [7, 11) is 1.41. The molecule has 0 unspecified atom stereocenters. The van der Waals surface area contributed by atoms with Gasteiger partial charge in [0.05, 0.1) is 27.1 Å². The van der Waals surface area contributed by atoms with Crippen LogP contribution in [0, 0.1) is 13.7 Å². The van der Waals surface area contributed by atoms with Crippen LogP contribution >= 0.6 is 34.4 Å². The molecule has 1 saturated heterocycles. The Kier molecular flexibility index (Phi) is 5.89. The van der Waals surface area contributed by atoms with Gasteiger partial charge < -0.3 is 9.84 Å². The third-order valence-corrected chi connectivity index (χ3v) is 5.69.